The first-order chi connectivity index (χ1) is 7.55. The molecule has 1 aliphatic carbocycles. The number of nitrogens with zero attached hydrogens (tertiary/aromatic N) is 1. The summed E-state index contributed by atoms with van der Waals surface area (Å²) in [5.41, 5.74) is 5.78. The number of carbonyl (C=O) groups excluding carboxylic acids is 1. The van der Waals surface area contributed by atoms with E-state index in [9.17, 15) is 4.79 Å². The van der Waals surface area contributed by atoms with Crippen LogP contribution in [0.1, 0.15) is 39.5 Å². The van der Waals surface area contributed by atoms with Crippen molar-refractivity contribution in [2.75, 3.05) is 20.1 Å². The van der Waals surface area contributed by atoms with Gasteiger partial charge in [0.15, 0.2) is 0 Å². The van der Waals surface area contributed by atoms with E-state index < -0.39 is 0 Å². The molecular formula is C12H25N3O. The normalized spacial score (nSPS) is 29.9. The fourth-order valence-electron chi connectivity index (χ4n) is 2.46. The standard InChI is InChI=1S/C12H25N3O/c1-4-14-11(16)15(3)12(9-13)7-5-10(2)6-8-12/h10H,4-9,13H2,1-3H3,(H,14,16). The molecule has 1 aliphatic rings. The van der Waals surface area contributed by atoms with Crippen molar-refractivity contribution in [2.24, 2.45) is 11.7 Å². The van der Waals surface area contributed by atoms with E-state index in [-0.39, 0.29) is 11.6 Å². The van der Waals surface area contributed by atoms with Gasteiger partial charge in [-0.3, -0.25) is 0 Å². The minimum atomic E-state index is -0.119. The molecule has 16 heavy (non-hydrogen) atoms. The molecule has 0 bridgehead atoms. The Bertz CT molecular complexity index is 234. The predicted octanol–water partition coefficient (Wildman–Crippen LogP) is 1.56. The zero-order valence-electron chi connectivity index (χ0n) is 10.8. The highest BCUT2D eigenvalue weighted by Crippen LogP contribution is 2.35. The largest absolute Gasteiger partial charge is 0.338 e. The fraction of sp³-hybridized carbons (Fsp3) is 0.917. The number of amides is 2. The van der Waals surface area contributed by atoms with Gasteiger partial charge >= 0.3 is 6.03 Å². The molecule has 4 heteroatoms. The van der Waals surface area contributed by atoms with Crippen molar-refractivity contribution in [3.8, 4) is 0 Å². The molecule has 1 rings (SSSR count). The van der Waals surface area contributed by atoms with Crippen molar-refractivity contribution >= 4 is 6.03 Å². The Labute approximate surface area is 98.6 Å². The van der Waals surface area contributed by atoms with Crippen molar-refractivity contribution < 1.29 is 4.79 Å². The second-order valence-corrected chi connectivity index (χ2v) is 5.01. The second-order valence-electron chi connectivity index (χ2n) is 5.01. The van der Waals surface area contributed by atoms with Crippen molar-refractivity contribution in [3.63, 3.8) is 0 Å². The van der Waals surface area contributed by atoms with Gasteiger partial charge in [0.05, 0.1) is 5.54 Å². The van der Waals surface area contributed by atoms with Gasteiger partial charge < -0.3 is 16.0 Å². The lowest BCUT2D eigenvalue weighted by molar-refractivity contribution is 0.0903. The Morgan fingerprint density at radius 1 is 1.50 bits per heavy atom. The minimum absolute atomic E-state index is 0.00232. The average molecular weight is 227 g/mol. The van der Waals surface area contributed by atoms with Crippen LogP contribution in [0.2, 0.25) is 0 Å². The monoisotopic (exact) mass is 227 g/mol. The molecular weight excluding hydrogens is 202 g/mol. The lowest BCUT2D eigenvalue weighted by atomic mass is 9.76. The maximum Gasteiger partial charge on any atom is 0.317 e. The number of likely N-dealkylation sites (N-methyl/N-ethyl adjacent to an activating group) is 1. The molecule has 0 spiro atoms. The fourth-order valence-corrected chi connectivity index (χ4v) is 2.46. The van der Waals surface area contributed by atoms with Crippen LogP contribution < -0.4 is 11.1 Å². The molecule has 0 aromatic heterocycles. The van der Waals surface area contributed by atoms with Gasteiger partial charge in [-0.05, 0) is 38.5 Å². The molecule has 0 unspecified atom stereocenters. The molecule has 2 amide bonds. The van der Waals surface area contributed by atoms with E-state index in [1.165, 1.54) is 12.8 Å². The summed E-state index contributed by atoms with van der Waals surface area (Å²) >= 11 is 0. The van der Waals surface area contributed by atoms with Crippen LogP contribution in [-0.2, 0) is 0 Å². The summed E-state index contributed by atoms with van der Waals surface area (Å²) in [7, 11) is 1.87. The molecule has 1 fully saturated rings. The summed E-state index contributed by atoms with van der Waals surface area (Å²) in [5, 5.41) is 2.84. The predicted molar refractivity (Wildman–Crippen MR) is 66.3 cm³/mol. The van der Waals surface area contributed by atoms with E-state index in [4.69, 9.17) is 5.73 Å². The van der Waals surface area contributed by atoms with Crippen LogP contribution in [0.4, 0.5) is 4.79 Å². The second kappa shape index (κ2) is 5.53. The number of rotatable bonds is 3. The Morgan fingerprint density at radius 2 is 2.06 bits per heavy atom. The average Bonchev–Trinajstić information content (AvgIpc) is 2.30. The lowest BCUT2D eigenvalue weighted by Crippen LogP contribution is -2.58. The van der Waals surface area contributed by atoms with Crippen molar-refractivity contribution in [3.05, 3.63) is 0 Å². The first-order valence-corrected chi connectivity index (χ1v) is 6.27. The van der Waals surface area contributed by atoms with Crippen LogP contribution in [0.15, 0.2) is 0 Å². The van der Waals surface area contributed by atoms with E-state index in [1.54, 1.807) is 0 Å². The van der Waals surface area contributed by atoms with E-state index in [2.05, 4.69) is 12.2 Å². The van der Waals surface area contributed by atoms with Crippen LogP contribution in [0.5, 0.6) is 0 Å². The van der Waals surface area contributed by atoms with Gasteiger partial charge in [-0.2, -0.15) is 0 Å². The first-order valence-electron chi connectivity index (χ1n) is 6.27. The Hall–Kier alpha value is -0.770. The minimum Gasteiger partial charge on any atom is -0.338 e. The molecule has 1 saturated carbocycles. The maximum absolute atomic E-state index is 11.8. The first kappa shape index (κ1) is 13.3. The zero-order valence-corrected chi connectivity index (χ0v) is 10.8. The maximum atomic E-state index is 11.8. The smallest absolute Gasteiger partial charge is 0.317 e. The van der Waals surface area contributed by atoms with E-state index in [0.717, 1.165) is 18.8 Å². The van der Waals surface area contributed by atoms with Crippen LogP contribution in [0.3, 0.4) is 0 Å². The van der Waals surface area contributed by atoms with E-state index in [0.29, 0.717) is 13.1 Å². The van der Waals surface area contributed by atoms with Gasteiger partial charge in [0.1, 0.15) is 0 Å². The third-order valence-electron chi connectivity index (χ3n) is 3.93. The number of hydrogen-bond acceptors (Lipinski definition) is 2. The molecule has 0 aromatic rings. The third-order valence-corrected chi connectivity index (χ3v) is 3.93. The highest BCUT2D eigenvalue weighted by Gasteiger charge is 2.38. The molecule has 3 N–H and O–H groups in total. The molecule has 0 atom stereocenters. The molecule has 0 aromatic carbocycles. The van der Waals surface area contributed by atoms with Crippen LogP contribution in [-0.4, -0.2) is 36.6 Å². The molecule has 0 heterocycles. The van der Waals surface area contributed by atoms with Gasteiger partial charge in [0, 0.05) is 20.1 Å². The van der Waals surface area contributed by atoms with E-state index >= 15 is 0 Å². The third kappa shape index (κ3) is 2.67. The summed E-state index contributed by atoms with van der Waals surface area (Å²) in [6.45, 7) is 5.43. The zero-order chi connectivity index (χ0) is 12.2. The number of hydrogen-bond donors (Lipinski definition) is 2. The quantitative estimate of drug-likeness (QED) is 0.768. The summed E-state index contributed by atoms with van der Waals surface area (Å²) in [5.74, 6) is 0.766. The van der Waals surface area contributed by atoms with Gasteiger partial charge in [0.2, 0.25) is 0 Å². The number of nitrogens with one attached hydrogen (secondary N) is 1. The van der Waals surface area contributed by atoms with Crippen LogP contribution in [0, 0.1) is 5.92 Å². The molecule has 0 aliphatic heterocycles. The Kier molecular flexibility index (Phi) is 4.59. The highest BCUT2D eigenvalue weighted by atomic mass is 16.2. The molecule has 4 nitrogen and oxygen atoms in total. The van der Waals surface area contributed by atoms with Gasteiger partial charge in [-0.25, -0.2) is 4.79 Å². The highest BCUT2D eigenvalue weighted by molar-refractivity contribution is 5.74. The topological polar surface area (TPSA) is 58.4 Å². The summed E-state index contributed by atoms with van der Waals surface area (Å²) in [6, 6.07) is 0.00232. The lowest BCUT2D eigenvalue weighted by Gasteiger charge is -2.45. The van der Waals surface area contributed by atoms with Crippen molar-refractivity contribution in [2.45, 2.75) is 45.1 Å². The number of nitrogens with two attached hydrogens (primary N) is 1. The molecule has 94 valence electrons. The number of urea groups is 1. The van der Waals surface area contributed by atoms with Gasteiger partial charge in [-0.1, -0.05) is 6.92 Å². The summed E-state index contributed by atoms with van der Waals surface area (Å²) in [4.78, 5) is 13.7. The van der Waals surface area contributed by atoms with Gasteiger partial charge in [-0.15, -0.1) is 0 Å². The van der Waals surface area contributed by atoms with E-state index in [1.807, 2.05) is 18.9 Å². The summed E-state index contributed by atoms with van der Waals surface area (Å²) in [6.07, 6.45) is 4.39. The van der Waals surface area contributed by atoms with Gasteiger partial charge in [0.25, 0.3) is 0 Å². The number of carbonyl (C=O) groups is 1. The van der Waals surface area contributed by atoms with Crippen LogP contribution in [0.25, 0.3) is 0 Å². The van der Waals surface area contributed by atoms with Crippen molar-refractivity contribution in [1.82, 2.24) is 10.2 Å². The van der Waals surface area contributed by atoms with Crippen molar-refractivity contribution in [1.29, 1.82) is 0 Å². The molecule has 0 saturated heterocycles. The SMILES string of the molecule is CCNC(=O)N(C)C1(CN)CCC(C)CC1. The summed E-state index contributed by atoms with van der Waals surface area (Å²) < 4.78 is 0. The Balaban J connectivity index is 2.68. The van der Waals surface area contributed by atoms with Crippen LogP contribution >= 0.6 is 0 Å². The Morgan fingerprint density at radius 3 is 2.50 bits per heavy atom. The molecule has 0 radical (unpaired) electrons.